The molecule has 0 saturated heterocycles. The Morgan fingerprint density at radius 2 is 2.00 bits per heavy atom. The molecule has 0 bridgehead atoms. The number of benzene rings is 1. The van der Waals surface area contributed by atoms with Gasteiger partial charge in [0.15, 0.2) is 0 Å². The Morgan fingerprint density at radius 3 is 2.42 bits per heavy atom. The van der Waals surface area contributed by atoms with Gasteiger partial charge in [0.1, 0.15) is 5.40 Å². The molecule has 0 atom stereocenters. The van der Waals surface area contributed by atoms with E-state index in [4.69, 9.17) is 5.26 Å². The molecule has 0 aliphatic carbocycles. The maximum Gasteiger partial charge on any atom is 0.269 e. The van der Waals surface area contributed by atoms with E-state index in [0.29, 0.717) is 5.56 Å². The molecule has 6 nitrogen and oxygen atoms in total. The van der Waals surface area contributed by atoms with Gasteiger partial charge in [-0.05, 0) is 23.9 Å². The highest BCUT2D eigenvalue weighted by Crippen LogP contribution is 2.21. The van der Waals surface area contributed by atoms with Crippen LogP contribution in [0.1, 0.15) is 10.4 Å². The summed E-state index contributed by atoms with van der Waals surface area (Å²) in [7, 11) is 3.47. The molecule has 19 heavy (non-hydrogen) atoms. The first-order valence-corrected chi connectivity index (χ1v) is 6.00. The van der Waals surface area contributed by atoms with Crippen LogP contribution in [-0.4, -0.2) is 29.7 Å². The van der Waals surface area contributed by atoms with Crippen molar-refractivity contribution in [2.24, 2.45) is 0 Å². The maximum atomic E-state index is 12.1. The molecule has 1 aromatic rings. The Balaban J connectivity index is 3.04. The van der Waals surface area contributed by atoms with E-state index in [0.717, 1.165) is 11.8 Å². The van der Waals surface area contributed by atoms with Crippen LogP contribution in [0.3, 0.4) is 0 Å². The average molecular weight is 277 g/mol. The zero-order valence-corrected chi connectivity index (χ0v) is 11.2. The third kappa shape index (κ3) is 4.12. The number of thioether (sulfide) groups is 1. The SMILES string of the molecule is CN(C)/C=C(\SC#N)C(=O)c1ccc([N+](=O)[O-])cc1. The van der Waals surface area contributed by atoms with E-state index in [1.54, 1.807) is 19.0 Å². The summed E-state index contributed by atoms with van der Waals surface area (Å²) in [6, 6.07) is 5.28. The van der Waals surface area contributed by atoms with Crippen molar-refractivity contribution in [3.05, 3.63) is 51.0 Å². The second kappa shape index (κ2) is 6.56. The molecular formula is C12H11N3O3S. The number of thiocyanates is 1. The summed E-state index contributed by atoms with van der Waals surface area (Å²) in [5.74, 6) is -0.338. The number of carbonyl (C=O) groups excluding carboxylic acids is 1. The summed E-state index contributed by atoms with van der Waals surface area (Å²) in [6.07, 6.45) is 1.54. The van der Waals surface area contributed by atoms with Gasteiger partial charge in [-0.2, -0.15) is 5.26 Å². The van der Waals surface area contributed by atoms with Crippen molar-refractivity contribution in [3.63, 3.8) is 0 Å². The Labute approximate surface area is 114 Å². The van der Waals surface area contributed by atoms with Crippen molar-refractivity contribution in [2.75, 3.05) is 14.1 Å². The minimum absolute atomic E-state index is 0.0809. The molecular weight excluding hydrogens is 266 g/mol. The third-order valence-corrected chi connectivity index (χ3v) is 2.70. The predicted octanol–water partition coefficient (Wildman–Crippen LogP) is 2.39. The fourth-order valence-electron chi connectivity index (χ4n) is 1.29. The molecule has 0 aliphatic rings. The molecule has 0 fully saturated rings. The van der Waals surface area contributed by atoms with Crippen LogP contribution in [0.5, 0.6) is 0 Å². The van der Waals surface area contributed by atoms with Gasteiger partial charge in [0.2, 0.25) is 5.78 Å². The standard InChI is InChI=1S/C12H11N3O3S/c1-14(2)7-11(19-8-13)12(16)9-3-5-10(6-4-9)15(17)18/h3-7H,1-2H3/b11-7-. The molecule has 0 aromatic heterocycles. The molecule has 98 valence electrons. The smallest absolute Gasteiger partial charge is 0.269 e. The maximum absolute atomic E-state index is 12.1. The highest BCUT2D eigenvalue weighted by atomic mass is 32.2. The van der Waals surface area contributed by atoms with Gasteiger partial charge >= 0.3 is 0 Å². The Kier molecular flexibility index (Phi) is 5.09. The van der Waals surface area contributed by atoms with Gasteiger partial charge in [-0.1, -0.05) is 0 Å². The molecule has 0 heterocycles. The summed E-state index contributed by atoms with van der Waals surface area (Å²) < 4.78 is 0. The fraction of sp³-hybridized carbons (Fsp3) is 0.167. The highest BCUT2D eigenvalue weighted by molar-refractivity contribution is 8.08. The lowest BCUT2D eigenvalue weighted by molar-refractivity contribution is -0.384. The van der Waals surface area contributed by atoms with E-state index < -0.39 is 4.92 Å². The quantitative estimate of drug-likeness (QED) is 0.270. The lowest BCUT2D eigenvalue weighted by Gasteiger charge is -2.08. The molecule has 0 radical (unpaired) electrons. The number of nitrogens with zero attached hydrogens (tertiary/aromatic N) is 3. The fourth-order valence-corrected chi connectivity index (χ4v) is 1.86. The Morgan fingerprint density at radius 1 is 1.42 bits per heavy atom. The number of hydrogen-bond donors (Lipinski definition) is 0. The monoisotopic (exact) mass is 277 g/mol. The number of rotatable bonds is 5. The van der Waals surface area contributed by atoms with Gasteiger partial charge in [-0.25, -0.2) is 0 Å². The van der Waals surface area contributed by atoms with Crippen LogP contribution in [0.4, 0.5) is 5.69 Å². The van der Waals surface area contributed by atoms with Crippen molar-refractivity contribution >= 4 is 23.2 Å². The molecule has 1 rings (SSSR count). The number of non-ortho nitro benzene ring substituents is 1. The Bertz CT molecular complexity index is 559. The summed E-state index contributed by atoms with van der Waals surface area (Å²) in [4.78, 5) is 24.0. The van der Waals surface area contributed by atoms with Crippen molar-refractivity contribution in [3.8, 4) is 5.40 Å². The number of nitro groups is 1. The van der Waals surface area contributed by atoms with Crippen molar-refractivity contribution in [2.45, 2.75) is 0 Å². The lowest BCUT2D eigenvalue weighted by atomic mass is 10.1. The second-order valence-corrected chi connectivity index (χ2v) is 4.61. The summed E-state index contributed by atoms with van der Waals surface area (Å²) >= 11 is 0.760. The third-order valence-electron chi connectivity index (χ3n) is 2.10. The van der Waals surface area contributed by atoms with E-state index in [2.05, 4.69) is 0 Å². The second-order valence-electron chi connectivity index (χ2n) is 3.78. The van der Waals surface area contributed by atoms with Crippen LogP contribution < -0.4 is 0 Å². The molecule has 0 amide bonds. The first-order valence-electron chi connectivity index (χ1n) is 5.19. The summed E-state index contributed by atoms with van der Waals surface area (Å²) in [5.41, 5.74) is 0.226. The first-order chi connectivity index (χ1) is 8.95. The molecule has 0 saturated carbocycles. The predicted molar refractivity (Wildman–Crippen MR) is 72.4 cm³/mol. The van der Waals surface area contributed by atoms with Gasteiger partial charge in [0.05, 0.1) is 9.83 Å². The first kappa shape index (κ1) is 14.7. The van der Waals surface area contributed by atoms with Crippen LogP contribution in [0.15, 0.2) is 35.4 Å². The van der Waals surface area contributed by atoms with Gasteiger partial charge in [-0.3, -0.25) is 14.9 Å². The number of hydrogen-bond acceptors (Lipinski definition) is 6. The largest absolute Gasteiger partial charge is 0.382 e. The normalized spacial score (nSPS) is 10.7. The zero-order valence-electron chi connectivity index (χ0n) is 10.4. The van der Waals surface area contributed by atoms with Crippen molar-refractivity contribution < 1.29 is 9.72 Å². The Hall–Kier alpha value is -2.33. The van der Waals surface area contributed by atoms with Crippen LogP contribution in [0.2, 0.25) is 0 Å². The summed E-state index contributed by atoms with van der Waals surface area (Å²) in [6.45, 7) is 0. The van der Waals surface area contributed by atoms with E-state index in [9.17, 15) is 14.9 Å². The molecule has 0 N–H and O–H groups in total. The van der Waals surface area contributed by atoms with Crippen LogP contribution in [0, 0.1) is 20.8 Å². The number of Topliss-reactive ketones (excluding diaryl/α,β-unsaturated/α-hetero) is 1. The van der Waals surface area contributed by atoms with Gasteiger partial charge in [0.25, 0.3) is 5.69 Å². The zero-order chi connectivity index (χ0) is 14.4. The van der Waals surface area contributed by atoms with E-state index >= 15 is 0 Å². The molecule has 0 spiro atoms. The van der Waals surface area contributed by atoms with E-state index in [-0.39, 0.29) is 16.4 Å². The van der Waals surface area contributed by atoms with Crippen molar-refractivity contribution in [1.29, 1.82) is 5.26 Å². The van der Waals surface area contributed by atoms with E-state index in [1.807, 2.05) is 5.40 Å². The minimum Gasteiger partial charge on any atom is -0.382 e. The molecule has 0 unspecified atom stereocenters. The van der Waals surface area contributed by atoms with Crippen LogP contribution in [-0.2, 0) is 0 Å². The van der Waals surface area contributed by atoms with Gasteiger partial charge < -0.3 is 4.90 Å². The lowest BCUT2D eigenvalue weighted by Crippen LogP contribution is -2.07. The van der Waals surface area contributed by atoms with E-state index in [1.165, 1.54) is 30.5 Å². The topological polar surface area (TPSA) is 87.2 Å². The minimum atomic E-state index is -0.533. The summed E-state index contributed by atoms with van der Waals surface area (Å²) in [5, 5.41) is 21.0. The molecule has 7 heteroatoms. The number of carbonyl (C=O) groups is 1. The van der Waals surface area contributed by atoms with Crippen molar-refractivity contribution in [1.82, 2.24) is 4.90 Å². The number of nitriles is 1. The van der Waals surface area contributed by atoms with Crippen LogP contribution in [0.25, 0.3) is 0 Å². The number of allylic oxidation sites excluding steroid dienone is 1. The van der Waals surface area contributed by atoms with Gasteiger partial charge in [-0.15, -0.1) is 0 Å². The number of ketones is 1. The van der Waals surface area contributed by atoms with Crippen LogP contribution >= 0.6 is 11.8 Å². The highest BCUT2D eigenvalue weighted by Gasteiger charge is 2.15. The average Bonchev–Trinajstić information content (AvgIpc) is 2.37. The molecule has 0 aliphatic heterocycles. The molecule has 1 aromatic carbocycles. The number of nitro benzene ring substituents is 1. The van der Waals surface area contributed by atoms with Gasteiger partial charge in [0, 0.05) is 38.0 Å².